The number of benzene rings is 3. The molecule has 1 N–H and O–H groups in total. The second kappa shape index (κ2) is 10.5. The summed E-state index contributed by atoms with van der Waals surface area (Å²) in [4.78, 5) is 23.0. The van der Waals surface area contributed by atoms with Crippen molar-refractivity contribution in [1.82, 2.24) is 19.9 Å². The van der Waals surface area contributed by atoms with E-state index in [-0.39, 0.29) is 5.91 Å². The molecule has 0 radical (unpaired) electrons. The number of aromatic nitrogens is 3. The number of rotatable bonds is 8. The topological polar surface area (TPSA) is 59.8 Å². The number of hydrogen-bond donors (Lipinski definition) is 1. The van der Waals surface area contributed by atoms with Crippen LogP contribution >= 0.6 is 11.6 Å². The Bertz CT molecular complexity index is 1430. The number of carbonyl (C=O) groups is 1. The lowest BCUT2D eigenvalue weighted by molar-refractivity contribution is -0.123. The molecule has 5 aromatic rings. The van der Waals surface area contributed by atoms with Gasteiger partial charge in [-0.2, -0.15) is 0 Å². The summed E-state index contributed by atoms with van der Waals surface area (Å²) in [7, 11) is 0. The van der Waals surface area contributed by atoms with Gasteiger partial charge in [-0.1, -0.05) is 72.3 Å². The van der Waals surface area contributed by atoms with Crippen molar-refractivity contribution in [3.05, 3.63) is 131 Å². The Morgan fingerprint density at radius 2 is 1.71 bits per heavy atom. The largest absolute Gasteiger partial charge is 0.354 e. The van der Waals surface area contributed by atoms with Gasteiger partial charge in [0, 0.05) is 36.3 Å². The summed E-state index contributed by atoms with van der Waals surface area (Å²) < 4.78 is 2.06. The number of hydrogen-bond acceptors (Lipinski definition) is 3. The predicted molar refractivity (Wildman–Crippen MR) is 140 cm³/mol. The fourth-order valence-corrected chi connectivity index (χ4v) is 4.56. The Morgan fingerprint density at radius 1 is 0.914 bits per heavy atom. The third-order valence-electron chi connectivity index (χ3n) is 5.95. The van der Waals surface area contributed by atoms with Gasteiger partial charge in [-0.15, -0.1) is 0 Å². The van der Waals surface area contributed by atoms with E-state index in [9.17, 15) is 4.79 Å². The zero-order valence-corrected chi connectivity index (χ0v) is 19.9. The van der Waals surface area contributed by atoms with E-state index in [1.807, 2.05) is 97.1 Å². The van der Waals surface area contributed by atoms with E-state index in [4.69, 9.17) is 16.6 Å². The first-order valence-corrected chi connectivity index (χ1v) is 12.0. The van der Waals surface area contributed by atoms with Crippen molar-refractivity contribution in [2.75, 3.05) is 6.54 Å². The monoisotopic (exact) mass is 480 g/mol. The molecule has 2 aromatic heterocycles. The molecule has 1 amide bonds. The molecule has 0 aliphatic heterocycles. The maximum Gasteiger partial charge on any atom is 0.247 e. The van der Waals surface area contributed by atoms with Gasteiger partial charge >= 0.3 is 0 Å². The fraction of sp³-hybridized carbons (Fsp3) is 0.138. The first-order chi connectivity index (χ1) is 17.2. The Kier molecular flexibility index (Phi) is 6.87. The van der Waals surface area contributed by atoms with Gasteiger partial charge in [-0.3, -0.25) is 9.78 Å². The zero-order chi connectivity index (χ0) is 24.0. The smallest absolute Gasteiger partial charge is 0.247 e. The Labute approximate surface area is 209 Å². The van der Waals surface area contributed by atoms with Crippen LogP contribution in [0.15, 0.2) is 103 Å². The van der Waals surface area contributed by atoms with Crippen LogP contribution in [-0.4, -0.2) is 27.0 Å². The normalized spacial score (nSPS) is 11.9. The van der Waals surface area contributed by atoms with E-state index < -0.39 is 6.04 Å². The lowest BCUT2D eigenvalue weighted by atomic mass is 10.0. The molecule has 5 nitrogen and oxygen atoms in total. The van der Waals surface area contributed by atoms with E-state index in [0.29, 0.717) is 24.4 Å². The van der Waals surface area contributed by atoms with Crippen LogP contribution in [0.4, 0.5) is 0 Å². The van der Waals surface area contributed by atoms with Gasteiger partial charge in [0.15, 0.2) is 0 Å². The van der Waals surface area contributed by atoms with Crippen molar-refractivity contribution in [1.29, 1.82) is 0 Å². The third kappa shape index (κ3) is 5.26. The highest BCUT2D eigenvalue weighted by atomic mass is 35.5. The highest BCUT2D eigenvalue weighted by Gasteiger charge is 2.27. The van der Waals surface area contributed by atoms with Gasteiger partial charge in [0.2, 0.25) is 5.91 Å². The first-order valence-electron chi connectivity index (χ1n) is 11.6. The maximum absolute atomic E-state index is 13.7. The summed E-state index contributed by atoms with van der Waals surface area (Å²) in [6, 6.07) is 30.8. The molecule has 5 rings (SSSR count). The van der Waals surface area contributed by atoms with Crippen LogP contribution in [0.3, 0.4) is 0 Å². The van der Waals surface area contributed by atoms with E-state index in [0.717, 1.165) is 33.7 Å². The number of amides is 1. The molecular weight excluding hydrogens is 456 g/mol. The Balaban J connectivity index is 1.53. The van der Waals surface area contributed by atoms with Crippen LogP contribution in [-0.2, 0) is 17.6 Å². The van der Waals surface area contributed by atoms with Gasteiger partial charge in [-0.25, -0.2) is 4.98 Å². The average molecular weight is 481 g/mol. The third-order valence-corrected chi connectivity index (χ3v) is 6.18. The molecule has 0 unspecified atom stereocenters. The quantitative estimate of drug-likeness (QED) is 0.313. The number of imidazole rings is 1. The molecule has 174 valence electrons. The molecule has 0 saturated carbocycles. The summed E-state index contributed by atoms with van der Waals surface area (Å²) in [6.07, 6.45) is 2.98. The number of nitrogens with one attached hydrogen (secondary N) is 1. The molecule has 0 fully saturated rings. The summed E-state index contributed by atoms with van der Waals surface area (Å²) >= 11 is 6.25. The van der Waals surface area contributed by atoms with Crippen molar-refractivity contribution in [2.45, 2.75) is 18.9 Å². The summed E-state index contributed by atoms with van der Waals surface area (Å²) in [5.74, 6) is 0.727. The van der Waals surface area contributed by atoms with Crippen molar-refractivity contribution in [3.63, 3.8) is 0 Å². The minimum atomic E-state index is -0.568. The number of para-hydroxylation sites is 2. The molecule has 0 spiro atoms. The van der Waals surface area contributed by atoms with Crippen LogP contribution in [0.1, 0.15) is 28.7 Å². The maximum atomic E-state index is 13.7. The molecule has 6 heteroatoms. The van der Waals surface area contributed by atoms with Gasteiger partial charge < -0.3 is 9.88 Å². The molecule has 0 aliphatic rings. The summed E-state index contributed by atoms with van der Waals surface area (Å²) in [5.41, 5.74) is 4.65. The van der Waals surface area contributed by atoms with Gasteiger partial charge in [-0.05, 0) is 47.5 Å². The van der Waals surface area contributed by atoms with Crippen LogP contribution in [0.5, 0.6) is 0 Å². The molecule has 0 aliphatic carbocycles. The van der Waals surface area contributed by atoms with Crippen LogP contribution in [0, 0.1) is 0 Å². The number of nitrogens with zero attached hydrogens (tertiary/aromatic N) is 3. The zero-order valence-electron chi connectivity index (χ0n) is 19.1. The van der Waals surface area contributed by atoms with Crippen molar-refractivity contribution >= 4 is 28.5 Å². The van der Waals surface area contributed by atoms with E-state index >= 15 is 0 Å². The van der Waals surface area contributed by atoms with E-state index in [1.165, 1.54) is 0 Å². The minimum absolute atomic E-state index is 0.0809. The van der Waals surface area contributed by atoms with Crippen molar-refractivity contribution in [2.24, 2.45) is 0 Å². The van der Waals surface area contributed by atoms with E-state index in [2.05, 4.69) is 14.9 Å². The van der Waals surface area contributed by atoms with Gasteiger partial charge in [0.25, 0.3) is 0 Å². The molecule has 2 heterocycles. The average Bonchev–Trinajstić information content (AvgIpc) is 3.23. The highest BCUT2D eigenvalue weighted by molar-refractivity contribution is 6.30. The lowest BCUT2D eigenvalue weighted by Crippen LogP contribution is -2.35. The number of halogens is 1. The number of pyridine rings is 1. The molecule has 3 aromatic carbocycles. The molecule has 0 saturated heterocycles. The Morgan fingerprint density at radius 3 is 2.51 bits per heavy atom. The SMILES string of the molecule is O=C(NCCc1ccccn1)[C@H](c1ccccc1)n1c(Cc2cccc(Cl)c2)nc2ccccc21. The fourth-order valence-electron chi connectivity index (χ4n) is 4.35. The van der Waals surface area contributed by atoms with Gasteiger partial charge in [0.05, 0.1) is 11.0 Å². The van der Waals surface area contributed by atoms with Gasteiger partial charge in [0.1, 0.15) is 11.9 Å². The summed E-state index contributed by atoms with van der Waals surface area (Å²) in [6.45, 7) is 0.495. The number of fused-ring (bicyclic) bond motifs is 1. The lowest BCUT2D eigenvalue weighted by Gasteiger charge is -2.22. The predicted octanol–water partition coefficient (Wildman–Crippen LogP) is 5.62. The Hall–Kier alpha value is -3.96. The van der Waals surface area contributed by atoms with E-state index in [1.54, 1.807) is 6.20 Å². The summed E-state index contributed by atoms with van der Waals surface area (Å²) in [5, 5.41) is 3.81. The highest BCUT2D eigenvalue weighted by Crippen LogP contribution is 2.28. The molecule has 0 bridgehead atoms. The molecule has 35 heavy (non-hydrogen) atoms. The second-order valence-electron chi connectivity index (χ2n) is 8.37. The second-order valence-corrected chi connectivity index (χ2v) is 8.81. The number of carbonyl (C=O) groups excluding carboxylic acids is 1. The van der Waals surface area contributed by atoms with Crippen molar-refractivity contribution in [3.8, 4) is 0 Å². The van der Waals surface area contributed by atoms with Crippen molar-refractivity contribution < 1.29 is 4.79 Å². The van der Waals surface area contributed by atoms with Crippen LogP contribution < -0.4 is 5.32 Å². The minimum Gasteiger partial charge on any atom is -0.354 e. The van der Waals surface area contributed by atoms with Crippen LogP contribution in [0.2, 0.25) is 5.02 Å². The van der Waals surface area contributed by atoms with Crippen LogP contribution in [0.25, 0.3) is 11.0 Å². The first kappa shape index (κ1) is 22.8. The molecule has 1 atom stereocenters. The molecular formula is C29H25ClN4O. The standard InChI is InChI=1S/C29H25ClN4O/c30-23-12-8-9-21(19-23)20-27-33-25-14-4-5-15-26(25)34(27)28(22-10-2-1-3-11-22)29(35)32-18-16-24-13-6-7-17-31-24/h1-15,17,19,28H,16,18,20H2,(H,32,35)/t28-/m0/s1.